The van der Waals surface area contributed by atoms with Crippen LogP contribution in [0.25, 0.3) is 28.2 Å². The molecule has 10 nitrogen and oxygen atoms in total. The standard InChI is InChI=1S/C27H27FN8O2/c1-30-14-18-13-17(7-8-22(18)37)25-24(28)27(32-19-5-4-11-35(16-19)23(38)9-10-29)34-26(33-25)20-15-31-36-12-3-2-6-21(20)36/h2-3,6-8,12-13,15,19,30,37H,4-5,9,11,14,16H2,1H3,(H,32,33,34)/t19-/m1/s1. The van der Waals surface area contributed by atoms with Gasteiger partial charge in [-0.2, -0.15) is 10.4 Å². The molecule has 1 aliphatic heterocycles. The van der Waals surface area contributed by atoms with Gasteiger partial charge in [-0.1, -0.05) is 6.07 Å². The van der Waals surface area contributed by atoms with E-state index in [0.29, 0.717) is 48.6 Å². The highest BCUT2D eigenvalue weighted by molar-refractivity contribution is 5.79. The Kier molecular flexibility index (Phi) is 7.15. The lowest BCUT2D eigenvalue weighted by Crippen LogP contribution is -2.45. The number of carbonyl (C=O) groups excluding carboxylic acids is 1. The van der Waals surface area contributed by atoms with Crippen LogP contribution in [0, 0.1) is 17.1 Å². The predicted octanol–water partition coefficient (Wildman–Crippen LogP) is 3.34. The molecule has 1 amide bonds. The molecular formula is C27H27FN8O2. The lowest BCUT2D eigenvalue weighted by molar-refractivity contribution is -0.131. The van der Waals surface area contributed by atoms with E-state index in [0.717, 1.165) is 11.9 Å². The summed E-state index contributed by atoms with van der Waals surface area (Å²) in [5.41, 5.74) is 2.58. The first-order chi connectivity index (χ1) is 18.5. The van der Waals surface area contributed by atoms with Crippen molar-refractivity contribution < 1.29 is 14.3 Å². The fraction of sp³-hybridized carbons (Fsp3) is 0.296. The molecule has 0 spiro atoms. The zero-order chi connectivity index (χ0) is 26.6. The van der Waals surface area contributed by atoms with Gasteiger partial charge in [0, 0.05) is 43.0 Å². The van der Waals surface area contributed by atoms with Crippen molar-refractivity contribution in [3.63, 3.8) is 0 Å². The van der Waals surface area contributed by atoms with Crippen LogP contribution in [0.3, 0.4) is 0 Å². The van der Waals surface area contributed by atoms with Gasteiger partial charge in [-0.25, -0.2) is 18.9 Å². The van der Waals surface area contributed by atoms with E-state index >= 15 is 4.39 Å². The monoisotopic (exact) mass is 514 g/mol. The van der Waals surface area contributed by atoms with E-state index in [4.69, 9.17) is 5.26 Å². The first-order valence-electron chi connectivity index (χ1n) is 12.4. The van der Waals surface area contributed by atoms with Gasteiger partial charge in [-0.05, 0) is 50.2 Å². The molecule has 4 aromatic rings. The molecule has 1 atom stereocenters. The Hall–Kier alpha value is -4.56. The van der Waals surface area contributed by atoms with E-state index in [1.165, 1.54) is 6.07 Å². The molecule has 3 N–H and O–H groups in total. The quantitative estimate of drug-likeness (QED) is 0.342. The SMILES string of the molecule is CNCc1cc(-c2nc(-c3cnn4ccccc34)nc(N[C@@H]3CCCN(C(=O)CC#N)C3)c2F)ccc1O. The number of pyridine rings is 1. The summed E-state index contributed by atoms with van der Waals surface area (Å²) in [6, 6.07) is 12.1. The van der Waals surface area contributed by atoms with Gasteiger partial charge in [0.25, 0.3) is 0 Å². The highest BCUT2D eigenvalue weighted by atomic mass is 19.1. The van der Waals surface area contributed by atoms with E-state index in [1.54, 1.807) is 41.0 Å². The number of aromatic nitrogens is 4. The maximum absolute atomic E-state index is 16.0. The minimum atomic E-state index is -0.633. The number of aromatic hydroxyl groups is 1. The summed E-state index contributed by atoms with van der Waals surface area (Å²) >= 11 is 0. The average Bonchev–Trinajstić information content (AvgIpc) is 3.36. The van der Waals surface area contributed by atoms with Crippen LogP contribution >= 0.6 is 0 Å². The zero-order valence-corrected chi connectivity index (χ0v) is 20.9. The van der Waals surface area contributed by atoms with Crippen LogP contribution in [-0.4, -0.2) is 61.7 Å². The van der Waals surface area contributed by atoms with Crippen molar-refractivity contribution in [2.75, 3.05) is 25.5 Å². The van der Waals surface area contributed by atoms with E-state index in [2.05, 4.69) is 25.7 Å². The average molecular weight is 515 g/mol. The third-order valence-corrected chi connectivity index (χ3v) is 6.58. The molecule has 194 valence electrons. The number of phenolic OH excluding ortho intramolecular Hbond substituents is 1. The molecule has 0 radical (unpaired) electrons. The molecule has 38 heavy (non-hydrogen) atoms. The van der Waals surface area contributed by atoms with Gasteiger partial charge < -0.3 is 20.6 Å². The van der Waals surface area contributed by atoms with Crippen molar-refractivity contribution >= 4 is 17.2 Å². The van der Waals surface area contributed by atoms with Gasteiger partial charge >= 0.3 is 0 Å². The van der Waals surface area contributed by atoms with Crippen molar-refractivity contribution in [1.82, 2.24) is 29.8 Å². The molecule has 11 heteroatoms. The second kappa shape index (κ2) is 10.8. The van der Waals surface area contributed by atoms with E-state index in [1.807, 2.05) is 24.3 Å². The van der Waals surface area contributed by atoms with Crippen LogP contribution < -0.4 is 10.6 Å². The van der Waals surface area contributed by atoms with Crippen molar-refractivity contribution in [3.05, 3.63) is 60.2 Å². The second-order valence-electron chi connectivity index (χ2n) is 9.18. The van der Waals surface area contributed by atoms with Gasteiger partial charge in [0.2, 0.25) is 5.91 Å². The number of hydrogen-bond acceptors (Lipinski definition) is 8. The largest absolute Gasteiger partial charge is 0.508 e. The van der Waals surface area contributed by atoms with Crippen molar-refractivity contribution in [1.29, 1.82) is 5.26 Å². The molecule has 4 heterocycles. The van der Waals surface area contributed by atoms with Crippen molar-refractivity contribution in [2.24, 2.45) is 0 Å². The van der Waals surface area contributed by atoms with Gasteiger partial charge in [-0.3, -0.25) is 4.79 Å². The highest BCUT2D eigenvalue weighted by Gasteiger charge is 2.26. The van der Waals surface area contributed by atoms with Crippen molar-refractivity contribution in [2.45, 2.75) is 31.8 Å². The Morgan fingerprint density at radius 3 is 2.97 bits per heavy atom. The van der Waals surface area contributed by atoms with Crippen LogP contribution in [0.4, 0.5) is 10.2 Å². The molecule has 1 aliphatic rings. The highest BCUT2D eigenvalue weighted by Crippen LogP contribution is 2.33. The third kappa shape index (κ3) is 4.99. The number of nitrogens with zero attached hydrogens (tertiary/aromatic N) is 6. The molecule has 0 unspecified atom stereocenters. The summed E-state index contributed by atoms with van der Waals surface area (Å²) < 4.78 is 17.7. The van der Waals surface area contributed by atoms with E-state index in [-0.39, 0.29) is 35.6 Å². The maximum Gasteiger partial charge on any atom is 0.236 e. The summed E-state index contributed by atoms with van der Waals surface area (Å²) in [6.45, 7) is 1.30. The van der Waals surface area contributed by atoms with Gasteiger partial charge in [-0.15, -0.1) is 0 Å². The summed E-state index contributed by atoms with van der Waals surface area (Å²) in [5.74, 6) is -0.462. The summed E-state index contributed by atoms with van der Waals surface area (Å²) in [5, 5.41) is 29.7. The van der Waals surface area contributed by atoms with Crippen LogP contribution in [0.1, 0.15) is 24.8 Å². The van der Waals surface area contributed by atoms with Gasteiger partial charge in [0.15, 0.2) is 17.5 Å². The Morgan fingerprint density at radius 1 is 1.29 bits per heavy atom. The molecule has 1 fully saturated rings. The topological polar surface area (TPSA) is 131 Å². The van der Waals surface area contributed by atoms with Crippen LogP contribution in [0.2, 0.25) is 0 Å². The smallest absolute Gasteiger partial charge is 0.236 e. The molecule has 0 aliphatic carbocycles. The number of carbonyl (C=O) groups is 1. The number of nitriles is 1. The predicted molar refractivity (Wildman–Crippen MR) is 139 cm³/mol. The Balaban J connectivity index is 1.58. The summed E-state index contributed by atoms with van der Waals surface area (Å²) in [4.78, 5) is 23.1. The lowest BCUT2D eigenvalue weighted by Gasteiger charge is -2.33. The molecule has 1 aromatic carbocycles. The number of rotatable bonds is 7. The van der Waals surface area contributed by atoms with E-state index in [9.17, 15) is 9.90 Å². The van der Waals surface area contributed by atoms with Gasteiger partial charge in [0.05, 0.1) is 23.3 Å². The minimum absolute atomic E-state index is 0.0168. The number of nitrogens with one attached hydrogen (secondary N) is 2. The number of hydrogen-bond donors (Lipinski definition) is 3. The first kappa shape index (κ1) is 25.1. The lowest BCUT2D eigenvalue weighted by atomic mass is 10.0. The molecule has 0 saturated carbocycles. The number of phenols is 1. The molecule has 5 rings (SSSR count). The maximum atomic E-state index is 16.0. The van der Waals surface area contributed by atoms with Crippen molar-refractivity contribution in [3.8, 4) is 34.5 Å². The number of likely N-dealkylation sites (tertiary alicyclic amines) is 1. The fourth-order valence-electron chi connectivity index (χ4n) is 4.72. The fourth-order valence-corrected chi connectivity index (χ4v) is 4.72. The number of halogens is 1. The molecular weight excluding hydrogens is 487 g/mol. The number of anilines is 1. The number of piperidine rings is 1. The number of amides is 1. The molecule has 1 saturated heterocycles. The summed E-state index contributed by atoms with van der Waals surface area (Å²) in [7, 11) is 1.76. The van der Waals surface area contributed by atoms with Crippen LogP contribution in [0.15, 0.2) is 48.8 Å². The third-order valence-electron chi connectivity index (χ3n) is 6.58. The zero-order valence-electron chi connectivity index (χ0n) is 20.9. The van der Waals surface area contributed by atoms with Gasteiger partial charge in [0.1, 0.15) is 17.9 Å². The Labute approximate surface area is 218 Å². The summed E-state index contributed by atoms with van der Waals surface area (Å²) in [6.07, 6.45) is 4.70. The normalized spacial score (nSPS) is 15.4. The Morgan fingerprint density at radius 2 is 2.16 bits per heavy atom. The first-order valence-corrected chi connectivity index (χ1v) is 12.4. The number of fused-ring (bicyclic) bond motifs is 1. The molecule has 3 aromatic heterocycles. The van der Waals surface area contributed by atoms with E-state index < -0.39 is 5.82 Å². The second-order valence-corrected chi connectivity index (χ2v) is 9.18. The molecule has 0 bridgehead atoms. The Bertz CT molecular complexity index is 1530. The minimum Gasteiger partial charge on any atom is -0.508 e. The van der Waals surface area contributed by atoms with Crippen LogP contribution in [0.5, 0.6) is 5.75 Å². The number of benzene rings is 1. The van der Waals surface area contributed by atoms with Crippen LogP contribution in [-0.2, 0) is 11.3 Å².